The number of H-pyrrole nitrogens is 1. The Bertz CT molecular complexity index is 499. The van der Waals surface area contributed by atoms with Gasteiger partial charge in [-0.05, 0) is 19.9 Å². The van der Waals surface area contributed by atoms with Gasteiger partial charge in [-0.25, -0.2) is 19.4 Å². The van der Waals surface area contributed by atoms with Crippen molar-refractivity contribution in [2.24, 2.45) is 0 Å². The molecular formula is C9H11N5O. The van der Waals surface area contributed by atoms with Crippen LogP contribution in [0.4, 0.5) is 0 Å². The van der Waals surface area contributed by atoms with E-state index < -0.39 is 0 Å². The van der Waals surface area contributed by atoms with Gasteiger partial charge < -0.3 is 0 Å². The van der Waals surface area contributed by atoms with Crippen molar-refractivity contribution in [1.29, 1.82) is 0 Å². The highest BCUT2D eigenvalue weighted by Gasteiger charge is 2.10. The zero-order valence-corrected chi connectivity index (χ0v) is 8.51. The van der Waals surface area contributed by atoms with Crippen molar-refractivity contribution >= 4 is 0 Å². The molecule has 0 spiro atoms. The minimum Gasteiger partial charge on any atom is -0.286 e. The Hall–Kier alpha value is -1.98. The lowest BCUT2D eigenvalue weighted by atomic mass is 10.4. The number of aromatic nitrogens is 5. The molecule has 2 aromatic rings. The molecule has 0 aliphatic heterocycles. The van der Waals surface area contributed by atoms with E-state index in [2.05, 4.69) is 20.1 Å². The van der Waals surface area contributed by atoms with Crippen LogP contribution in [0.2, 0.25) is 0 Å². The molecule has 6 nitrogen and oxygen atoms in total. The molecular weight excluding hydrogens is 194 g/mol. The van der Waals surface area contributed by atoms with E-state index >= 15 is 0 Å². The van der Waals surface area contributed by atoms with Crippen molar-refractivity contribution < 1.29 is 0 Å². The Balaban J connectivity index is 2.48. The van der Waals surface area contributed by atoms with E-state index in [0.717, 1.165) is 0 Å². The molecule has 0 amide bonds. The molecule has 2 rings (SSSR count). The summed E-state index contributed by atoms with van der Waals surface area (Å²) in [5.74, 6) is 0.823. The van der Waals surface area contributed by atoms with Crippen LogP contribution in [0.25, 0.3) is 11.6 Å². The zero-order chi connectivity index (χ0) is 10.8. The second-order valence-electron chi connectivity index (χ2n) is 3.39. The van der Waals surface area contributed by atoms with Crippen LogP contribution in [0.15, 0.2) is 23.3 Å². The van der Waals surface area contributed by atoms with Crippen LogP contribution >= 0.6 is 0 Å². The molecule has 2 heterocycles. The SMILES string of the molecule is CC(C)n1nc(-c2ncccn2)[nH]c1=O. The first-order valence-electron chi connectivity index (χ1n) is 4.64. The first-order chi connectivity index (χ1) is 7.18. The van der Waals surface area contributed by atoms with Gasteiger partial charge in [-0.15, -0.1) is 5.10 Å². The second-order valence-corrected chi connectivity index (χ2v) is 3.39. The first kappa shape index (κ1) is 9.57. The maximum Gasteiger partial charge on any atom is 0.343 e. The Morgan fingerprint density at radius 2 is 2.00 bits per heavy atom. The molecule has 78 valence electrons. The van der Waals surface area contributed by atoms with Gasteiger partial charge in [0, 0.05) is 12.4 Å². The highest BCUT2D eigenvalue weighted by molar-refractivity contribution is 5.40. The van der Waals surface area contributed by atoms with Crippen LogP contribution in [-0.4, -0.2) is 24.7 Å². The van der Waals surface area contributed by atoms with Gasteiger partial charge in [0.15, 0.2) is 11.6 Å². The van der Waals surface area contributed by atoms with E-state index in [1.165, 1.54) is 4.68 Å². The van der Waals surface area contributed by atoms with Crippen molar-refractivity contribution in [2.75, 3.05) is 0 Å². The summed E-state index contributed by atoms with van der Waals surface area (Å²) in [6.45, 7) is 3.77. The standard InChI is InChI=1S/C9H11N5O/c1-6(2)14-9(15)12-8(13-14)7-10-4-3-5-11-7/h3-6H,1-2H3,(H,12,13,15). The average Bonchev–Trinajstić information content (AvgIpc) is 2.62. The fourth-order valence-electron chi connectivity index (χ4n) is 1.21. The number of aromatic amines is 1. The predicted octanol–water partition coefficient (Wildman–Crippen LogP) is 0.609. The molecule has 0 aliphatic carbocycles. The fourth-order valence-corrected chi connectivity index (χ4v) is 1.21. The minimum atomic E-state index is -0.243. The fraction of sp³-hybridized carbons (Fsp3) is 0.333. The van der Waals surface area contributed by atoms with Crippen LogP contribution in [0.3, 0.4) is 0 Å². The molecule has 0 aromatic carbocycles. The molecule has 0 saturated heterocycles. The van der Waals surface area contributed by atoms with Crippen molar-refractivity contribution in [3.8, 4) is 11.6 Å². The maximum atomic E-state index is 11.4. The third-order valence-corrected chi connectivity index (χ3v) is 1.91. The molecule has 0 aliphatic rings. The number of rotatable bonds is 2. The van der Waals surface area contributed by atoms with Gasteiger partial charge in [0.2, 0.25) is 0 Å². The molecule has 6 heteroatoms. The summed E-state index contributed by atoms with van der Waals surface area (Å²) in [6.07, 6.45) is 3.21. The molecule has 0 fully saturated rings. The van der Waals surface area contributed by atoms with Crippen LogP contribution in [0, 0.1) is 0 Å². The van der Waals surface area contributed by atoms with E-state index in [4.69, 9.17) is 0 Å². The molecule has 0 atom stereocenters. The number of nitrogens with zero attached hydrogens (tertiary/aromatic N) is 4. The number of nitrogens with one attached hydrogen (secondary N) is 1. The molecule has 0 bridgehead atoms. The van der Waals surface area contributed by atoms with E-state index in [9.17, 15) is 4.79 Å². The third kappa shape index (κ3) is 1.78. The van der Waals surface area contributed by atoms with Crippen LogP contribution < -0.4 is 5.69 Å². The van der Waals surface area contributed by atoms with Gasteiger partial charge in [-0.3, -0.25) is 4.98 Å². The summed E-state index contributed by atoms with van der Waals surface area (Å²) in [7, 11) is 0. The highest BCUT2D eigenvalue weighted by Crippen LogP contribution is 2.06. The second kappa shape index (κ2) is 3.64. The van der Waals surface area contributed by atoms with E-state index in [0.29, 0.717) is 11.6 Å². The summed E-state index contributed by atoms with van der Waals surface area (Å²) < 4.78 is 1.37. The summed E-state index contributed by atoms with van der Waals surface area (Å²) >= 11 is 0. The molecule has 1 N–H and O–H groups in total. The van der Waals surface area contributed by atoms with E-state index in [1.807, 2.05) is 13.8 Å². The zero-order valence-electron chi connectivity index (χ0n) is 8.51. The monoisotopic (exact) mass is 205 g/mol. The van der Waals surface area contributed by atoms with Gasteiger partial charge >= 0.3 is 5.69 Å². The van der Waals surface area contributed by atoms with Crippen molar-refractivity contribution in [3.05, 3.63) is 28.9 Å². The first-order valence-corrected chi connectivity index (χ1v) is 4.64. The summed E-state index contributed by atoms with van der Waals surface area (Å²) in [6, 6.07) is 1.73. The average molecular weight is 205 g/mol. The van der Waals surface area contributed by atoms with Crippen LogP contribution in [0.1, 0.15) is 19.9 Å². The topological polar surface area (TPSA) is 76.5 Å². The molecule has 2 aromatic heterocycles. The predicted molar refractivity (Wildman–Crippen MR) is 54.3 cm³/mol. The summed E-state index contributed by atoms with van der Waals surface area (Å²) in [5.41, 5.74) is -0.243. The molecule has 0 radical (unpaired) electrons. The summed E-state index contributed by atoms with van der Waals surface area (Å²) in [4.78, 5) is 22.1. The van der Waals surface area contributed by atoms with Crippen LogP contribution in [0.5, 0.6) is 0 Å². The molecule has 15 heavy (non-hydrogen) atoms. The van der Waals surface area contributed by atoms with Gasteiger partial charge in [0.05, 0.1) is 6.04 Å². The highest BCUT2D eigenvalue weighted by atomic mass is 16.2. The maximum absolute atomic E-state index is 11.4. The lowest BCUT2D eigenvalue weighted by Gasteiger charge is -2.00. The number of hydrogen-bond acceptors (Lipinski definition) is 4. The Morgan fingerprint density at radius 3 is 2.53 bits per heavy atom. The lowest BCUT2D eigenvalue weighted by Crippen LogP contribution is -2.19. The van der Waals surface area contributed by atoms with E-state index in [-0.39, 0.29) is 11.7 Å². The van der Waals surface area contributed by atoms with Gasteiger partial charge in [-0.1, -0.05) is 0 Å². The molecule has 0 saturated carbocycles. The van der Waals surface area contributed by atoms with Crippen molar-refractivity contribution in [3.63, 3.8) is 0 Å². The third-order valence-electron chi connectivity index (χ3n) is 1.91. The smallest absolute Gasteiger partial charge is 0.286 e. The van der Waals surface area contributed by atoms with Crippen molar-refractivity contribution in [1.82, 2.24) is 24.7 Å². The lowest BCUT2D eigenvalue weighted by molar-refractivity contribution is 0.514. The minimum absolute atomic E-state index is 0.0196. The molecule has 0 unspecified atom stereocenters. The van der Waals surface area contributed by atoms with Crippen LogP contribution in [-0.2, 0) is 0 Å². The quantitative estimate of drug-likeness (QED) is 0.779. The summed E-state index contributed by atoms with van der Waals surface area (Å²) in [5, 5.41) is 4.10. The van der Waals surface area contributed by atoms with E-state index in [1.54, 1.807) is 18.5 Å². The number of hydrogen-bond donors (Lipinski definition) is 1. The van der Waals surface area contributed by atoms with Crippen molar-refractivity contribution in [2.45, 2.75) is 19.9 Å². The van der Waals surface area contributed by atoms with Gasteiger partial charge in [-0.2, -0.15) is 0 Å². The Kier molecular flexibility index (Phi) is 2.32. The normalized spacial score (nSPS) is 10.9. The Labute approximate surface area is 86.0 Å². The largest absolute Gasteiger partial charge is 0.343 e. The van der Waals surface area contributed by atoms with Gasteiger partial charge in [0.25, 0.3) is 0 Å². The Morgan fingerprint density at radius 1 is 1.33 bits per heavy atom. The van der Waals surface area contributed by atoms with Gasteiger partial charge in [0.1, 0.15) is 0 Å².